The highest BCUT2D eigenvalue weighted by Gasteiger charge is 2.06. The fourth-order valence-electron chi connectivity index (χ4n) is 0.805. The lowest BCUT2D eigenvalue weighted by Gasteiger charge is -2.01. The monoisotopic (exact) mass is 223 g/mol. The van der Waals surface area contributed by atoms with Crippen molar-refractivity contribution in [1.29, 1.82) is 0 Å². The molecule has 0 saturated carbocycles. The Labute approximate surface area is 95.3 Å². The lowest BCUT2D eigenvalue weighted by atomic mass is 10.3. The molecule has 0 bridgehead atoms. The number of carbonyl (C=O) groups excluding carboxylic acids is 2. The van der Waals surface area contributed by atoms with E-state index in [0.717, 1.165) is 5.69 Å². The fraction of sp³-hybridized carbons (Fsp3) is 0.455. The molecule has 0 aliphatic rings. The van der Waals surface area contributed by atoms with Crippen LogP contribution in [0.3, 0.4) is 0 Å². The molecular formula is C11H17N3O2. The highest BCUT2D eigenvalue weighted by Crippen LogP contribution is 1.93. The Morgan fingerprint density at radius 1 is 1.25 bits per heavy atom. The lowest BCUT2D eigenvalue weighted by molar-refractivity contribution is -0.116. The third kappa shape index (κ3) is 5.19. The van der Waals surface area contributed by atoms with E-state index in [-0.39, 0.29) is 23.9 Å². The number of aromatic nitrogens is 2. The van der Waals surface area contributed by atoms with Crippen LogP contribution >= 0.6 is 0 Å². The molecule has 0 spiro atoms. The van der Waals surface area contributed by atoms with Crippen LogP contribution in [0.15, 0.2) is 12.4 Å². The van der Waals surface area contributed by atoms with Crippen LogP contribution in [-0.4, -0.2) is 28.2 Å². The van der Waals surface area contributed by atoms with Gasteiger partial charge in [-0.25, -0.2) is 4.98 Å². The molecule has 1 N–H and O–H groups in total. The Balaban J connectivity index is 0.00000106. The summed E-state index contributed by atoms with van der Waals surface area (Å²) in [5.41, 5.74) is 0.963. The van der Waals surface area contributed by atoms with E-state index in [4.69, 9.17) is 0 Å². The number of Topliss-reactive ketones (excluding diaryl/α,β-unsaturated/α-hetero) is 1. The van der Waals surface area contributed by atoms with Crippen LogP contribution in [0.5, 0.6) is 0 Å². The van der Waals surface area contributed by atoms with Gasteiger partial charge < -0.3 is 5.32 Å². The Kier molecular flexibility index (Phi) is 6.67. The van der Waals surface area contributed by atoms with Crippen molar-refractivity contribution in [3.63, 3.8) is 0 Å². The average molecular weight is 223 g/mol. The van der Waals surface area contributed by atoms with E-state index >= 15 is 0 Å². The van der Waals surface area contributed by atoms with E-state index in [1.54, 1.807) is 6.92 Å². The summed E-state index contributed by atoms with van der Waals surface area (Å²) < 4.78 is 0. The van der Waals surface area contributed by atoms with Crippen molar-refractivity contribution in [3.05, 3.63) is 23.8 Å². The van der Waals surface area contributed by atoms with Gasteiger partial charge in [0.1, 0.15) is 11.5 Å². The van der Waals surface area contributed by atoms with Crippen molar-refractivity contribution < 1.29 is 9.59 Å². The van der Waals surface area contributed by atoms with E-state index in [2.05, 4.69) is 15.3 Å². The normalized spacial score (nSPS) is 8.75. The molecule has 88 valence electrons. The van der Waals surface area contributed by atoms with Gasteiger partial charge in [-0.2, -0.15) is 0 Å². The number of hydrogen-bond acceptors (Lipinski definition) is 4. The summed E-state index contributed by atoms with van der Waals surface area (Å²) in [7, 11) is 0. The standard InChI is InChI=1S/C9H11N3O2.C2H6/c1-6-3-11-8(5-10-6)9(14)12-4-7(2)13;1-2/h3,5H,4H2,1-2H3,(H,12,14);1-2H3. The zero-order chi connectivity index (χ0) is 12.6. The van der Waals surface area contributed by atoms with Gasteiger partial charge in [-0.05, 0) is 13.8 Å². The summed E-state index contributed by atoms with van der Waals surface area (Å²) in [5.74, 6) is -0.480. The molecule has 0 aliphatic heterocycles. The van der Waals surface area contributed by atoms with Crippen molar-refractivity contribution in [1.82, 2.24) is 15.3 Å². The maximum absolute atomic E-state index is 11.3. The maximum Gasteiger partial charge on any atom is 0.271 e. The molecule has 1 aromatic rings. The van der Waals surface area contributed by atoms with Crippen LogP contribution in [0.2, 0.25) is 0 Å². The van der Waals surface area contributed by atoms with E-state index in [0.29, 0.717) is 0 Å². The summed E-state index contributed by atoms with van der Waals surface area (Å²) in [5, 5.41) is 2.43. The van der Waals surface area contributed by atoms with Crippen molar-refractivity contribution in [2.24, 2.45) is 0 Å². The number of ketones is 1. The van der Waals surface area contributed by atoms with Gasteiger partial charge >= 0.3 is 0 Å². The number of nitrogens with zero attached hydrogens (tertiary/aromatic N) is 2. The van der Waals surface area contributed by atoms with Crippen molar-refractivity contribution in [2.75, 3.05) is 6.54 Å². The molecule has 0 aromatic carbocycles. The number of nitrogens with one attached hydrogen (secondary N) is 1. The minimum Gasteiger partial charge on any atom is -0.344 e. The Hall–Kier alpha value is -1.78. The van der Waals surface area contributed by atoms with E-state index in [9.17, 15) is 9.59 Å². The van der Waals surface area contributed by atoms with Crippen molar-refractivity contribution >= 4 is 11.7 Å². The molecule has 0 radical (unpaired) electrons. The molecule has 16 heavy (non-hydrogen) atoms. The molecule has 1 amide bonds. The van der Waals surface area contributed by atoms with Gasteiger partial charge in [-0.3, -0.25) is 14.6 Å². The molecule has 0 atom stereocenters. The summed E-state index contributed by atoms with van der Waals surface area (Å²) in [6.45, 7) is 7.21. The van der Waals surface area contributed by atoms with Crippen LogP contribution in [-0.2, 0) is 4.79 Å². The molecule has 5 heteroatoms. The first kappa shape index (κ1) is 14.2. The largest absolute Gasteiger partial charge is 0.344 e. The number of hydrogen-bond donors (Lipinski definition) is 1. The SMILES string of the molecule is CC.CC(=O)CNC(=O)c1cnc(C)cn1. The minimum absolute atomic E-state index is 0.0222. The molecule has 5 nitrogen and oxygen atoms in total. The van der Waals surface area contributed by atoms with Gasteiger partial charge in [-0.1, -0.05) is 13.8 Å². The number of rotatable bonds is 3. The second-order valence-corrected chi connectivity index (χ2v) is 2.93. The van der Waals surface area contributed by atoms with Crippen LogP contribution in [0.25, 0.3) is 0 Å². The second kappa shape index (κ2) is 7.50. The third-order valence-corrected chi connectivity index (χ3v) is 1.51. The molecule has 0 aliphatic carbocycles. The zero-order valence-corrected chi connectivity index (χ0v) is 10.1. The Bertz CT molecular complexity index is 347. The molecule has 0 fully saturated rings. The van der Waals surface area contributed by atoms with Gasteiger partial charge in [0.2, 0.25) is 0 Å². The van der Waals surface area contributed by atoms with Crippen LogP contribution in [0.1, 0.15) is 37.0 Å². The van der Waals surface area contributed by atoms with Gasteiger partial charge in [0.05, 0.1) is 18.4 Å². The van der Waals surface area contributed by atoms with Crippen LogP contribution in [0.4, 0.5) is 0 Å². The van der Waals surface area contributed by atoms with Crippen LogP contribution in [0, 0.1) is 6.92 Å². The van der Waals surface area contributed by atoms with Gasteiger partial charge in [0.25, 0.3) is 5.91 Å². The minimum atomic E-state index is -0.382. The predicted molar refractivity (Wildman–Crippen MR) is 61.1 cm³/mol. The van der Waals surface area contributed by atoms with Crippen molar-refractivity contribution in [3.8, 4) is 0 Å². The quantitative estimate of drug-likeness (QED) is 0.833. The van der Waals surface area contributed by atoms with Gasteiger partial charge in [0.15, 0.2) is 0 Å². The van der Waals surface area contributed by atoms with Crippen molar-refractivity contribution in [2.45, 2.75) is 27.7 Å². The first-order valence-electron chi connectivity index (χ1n) is 5.16. The third-order valence-electron chi connectivity index (χ3n) is 1.51. The predicted octanol–water partition coefficient (Wildman–Crippen LogP) is 1.13. The average Bonchev–Trinajstić information content (AvgIpc) is 2.29. The smallest absolute Gasteiger partial charge is 0.271 e. The molecule has 1 aromatic heterocycles. The molecule has 0 saturated heterocycles. The van der Waals surface area contributed by atoms with E-state index < -0.39 is 0 Å². The fourth-order valence-corrected chi connectivity index (χ4v) is 0.805. The second-order valence-electron chi connectivity index (χ2n) is 2.93. The first-order valence-corrected chi connectivity index (χ1v) is 5.16. The van der Waals surface area contributed by atoms with Crippen LogP contribution < -0.4 is 5.32 Å². The summed E-state index contributed by atoms with van der Waals surface area (Å²) >= 11 is 0. The summed E-state index contributed by atoms with van der Waals surface area (Å²) in [6.07, 6.45) is 2.88. The molecular weight excluding hydrogens is 206 g/mol. The summed E-state index contributed by atoms with van der Waals surface area (Å²) in [6, 6.07) is 0. The van der Waals surface area contributed by atoms with E-state index in [1.807, 2.05) is 13.8 Å². The van der Waals surface area contributed by atoms with Gasteiger partial charge in [-0.15, -0.1) is 0 Å². The highest BCUT2D eigenvalue weighted by molar-refractivity contribution is 5.94. The lowest BCUT2D eigenvalue weighted by Crippen LogP contribution is -2.29. The summed E-state index contributed by atoms with van der Waals surface area (Å²) in [4.78, 5) is 29.7. The van der Waals surface area contributed by atoms with E-state index in [1.165, 1.54) is 19.3 Å². The maximum atomic E-state index is 11.3. The van der Waals surface area contributed by atoms with Gasteiger partial charge in [0, 0.05) is 6.20 Å². The number of carbonyl (C=O) groups is 2. The first-order chi connectivity index (χ1) is 7.59. The number of amides is 1. The topological polar surface area (TPSA) is 72.0 Å². The molecule has 0 unspecified atom stereocenters. The molecule has 1 heterocycles. The Morgan fingerprint density at radius 3 is 2.31 bits per heavy atom. The molecule has 1 rings (SSSR count). The Morgan fingerprint density at radius 2 is 1.88 bits per heavy atom. The highest BCUT2D eigenvalue weighted by atomic mass is 16.2. The zero-order valence-electron chi connectivity index (χ0n) is 10.1. The number of aryl methyl sites for hydroxylation is 1.